The first-order chi connectivity index (χ1) is 10.1. The smallest absolute Gasteiger partial charge is 0.262 e. The van der Waals surface area contributed by atoms with E-state index in [1.807, 2.05) is 13.0 Å². The lowest BCUT2D eigenvalue weighted by molar-refractivity contribution is 0.454. The van der Waals surface area contributed by atoms with Crippen molar-refractivity contribution in [1.82, 2.24) is 19.7 Å². The van der Waals surface area contributed by atoms with Gasteiger partial charge in [0.25, 0.3) is 5.56 Å². The number of hydrogen-bond donors (Lipinski definition) is 2. The molecule has 0 saturated heterocycles. The summed E-state index contributed by atoms with van der Waals surface area (Å²) in [6.07, 6.45) is 1.61. The number of H-pyrrole nitrogens is 1. The van der Waals surface area contributed by atoms with Crippen molar-refractivity contribution in [3.63, 3.8) is 0 Å². The monoisotopic (exact) mass is 282 g/mol. The molecule has 2 N–H and O–H groups in total. The zero-order chi connectivity index (χ0) is 15.0. The van der Waals surface area contributed by atoms with Gasteiger partial charge in [0.15, 0.2) is 0 Å². The van der Waals surface area contributed by atoms with Gasteiger partial charge >= 0.3 is 0 Å². The summed E-state index contributed by atoms with van der Waals surface area (Å²) in [6, 6.07) is 8.94. The third kappa shape index (κ3) is 2.20. The fourth-order valence-corrected chi connectivity index (χ4v) is 2.19. The first kappa shape index (κ1) is 13.1. The standard InChI is InChI=1S/C15H14N4O2/c1-9-11(8-16-19(9)2)13-17-14(20)12(15(21)18-13)10-6-4-3-5-7-10/h3-8H,1-2H3,(H2,17,18,20,21). The van der Waals surface area contributed by atoms with E-state index in [0.717, 1.165) is 5.69 Å². The van der Waals surface area contributed by atoms with E-state index in [4.69, 9.17) is 0 Å². The van der Waals surface area contributed by atoms with Crippen LogP contribution in [-0.4, -0.2) is 24.9 Å². The molecule has 0 spiro atoms. The van der Waals surface area contributed by atoms with Crippen molar-refractivity contribution >= 4 is 0 Å². The van der Waals surface area contributed by atoms with Gasteiger partial charge in [-0.25, -0.2) is 0 Å². The van der Waals surface area contributed by atoms with Crippen molar-refractivity contribution in [3.8, 4) is 28.4 Å². The topological polar surface area (TPSA) is 83.8 Å². The van der Waals surface area contributed by atoms with Crippen molar-refractivity contribution < 1.29 is 5.11 Å². The van der Waals surface area contributed by atoms with Gasteiger partial charge in [-0.3, -0.25) is 9.48 Å². The molecule has 106 valence electrons. The molecule has 6 heteroatoms. The van der Waals surface area contributed by atoms with E-state index in [-0.39, 0.29) is 17.0 Å². The Kier molecular flexibility index (Phi) is 3.06. The maximum Gasteiger partial charge on any atom is 0.262 e. The van der Waals surface area contributed by atoms with E-state index in [9.17, 15) is 9.90 Å². The molecule has 2 aromatic heterocycles. The van der Waals surface area contributed by atoms with Crippen LogP contribution in [0.25, 0.3) is 22.5 Å². The summed E-state index contributed by atoms with van der Waals surface area (Å²) in [6.45, 7) is 1.87. The molecule has 0 aliphatic rings. The van der Waals surface area contributed by atoms with E-state index < -0.39 is 0 Å². The Morgan fingerprint density at radius 3 is 2.52 bits per heavy atom. The van der Waals surface area contributed by atoms with Crippen LogP contribution in [0.3, 0.4) is 0 Å². The van der Waals surface area contributed by atoms with E-state index in [0.29, 0.717) is 17.0 Å². The zero-order valence-electron chi connectivity index (χ0n) is 11.7. The van der Waals surface area contributed by atoms with Crippen molar-refractivity contribution in [2.45, 2.75) is 6.92 Å². The van der Waals surface area contributed by atoms with Crippen LogP contribution in [0.1, 0.15) is 5.69 Å². The number of aromatic nitrogens is 4. The van der Waals surface area contributed by atoms with Gasteiger partial charge in [0.2, 0.25) is 5.88 Å². The van der Waals surface area contributed by atoms with Gasteiger partial charge in [-0.05, 0) is 12.5 Å². The van der Waals surface area contributed by atoms with Crippen LogP contribution in [-0.2, 0) is 7.05 Å². The van der Waals surface area contributed by atoms with Gasteiger partial charge in [-0.15, -0.1) is 0 Å². The summed E-state index contributed by atoms with van der Waals surface area (Å²) in [4.78, 5) is 19.1. The fourth-order valence-electron chi connectivity index (χ4n) is 2.19. The summed E-state index contributed by atoms with van der Waals surface area (Å²) in [5.74, 6) is 0.0194. The highest BCUT2D eigenvalue weighted by Crippen LogP contribution is 2.26. The van der Waals surface area contributed by atoms with Crippen LogP contribution in [0.5, 0.6) is 5.88 Å². The lowest BCUT2D eigenvalue weighted by atomic mass is 10.1. The minimum atomic E-state index is -0.382. The molecule has 6 nitrogen and oxygen atoms in total. The molecule has 0 unspecified atom stereocenters. The summed E-state index contributed by atoms with van der Waals surface area (Å²) in [7, 11) is 1.80. The highest BCUT2D eigenvalue weighted by molar-refractivity contribution is 5.69. The maximum absolute atomic E-state index is 12.3. The molecule has 0 amide bonds. The van der Waals surface area contributed by atoms with Gasteiger partial charge < -0.3 is 10.1 Å². The number of aromatic amines is 1. The number of rotatable bonds is 2. The van der Waals surface area contributed by atoms with Crippen LogP contribution in [0.4, 0.5) is 0 Å². The van der Waals surface area contributed by atoms with Gasteiger partial charge in [-0.2, -0.15) is 10.1 Å². The highest BCUT2D eigenvalue weighted by atomic mass is 16.3. The molecule has 0 fully saturated rings. The second-order valence-electron chi connectivity index (χ2n) is 4.75. The Morgan fingerprint density at radius 1 is 1.24 bits per heavy atom. The van der Waals surface area contributed by atoms with E-state index in [1.165, 1.54) is 0 Å². The average Bonchev–Trinajstić information content (AvgIpc) is 2.79. The van der Waals surface area contributed by atoms with E-state index >= 15 is 0 Å². The van der Waals surface area contributed by atoms with Crippen LogP contribution >= 0.6 is 0 Å². The van der Waals surface area contributed by atoms with E-state index in [2.05, 4.69) is 15.1 Å². The van der Waals surface area contributed by atoms with Crippen molar-refractivity contribution in [2.24, 2.45) is 7.05 Å². The van der Waals surface area contributed by atoms with Crippen LogP contribution in [0, 0.1) is 6.92 Å². The summed E-state index contributed by atoms with van der Waals surface area (Å²) in [5.41, 5.74) is 1.94. The van der Waals surface area contributed by atoms with Crippen LogP contribution in [0.15, 0.2) is 41.3 Å². The molecule has 1 aromatic carbocycles. The Morgan fingerprint density at radius 2 is 1.95 bits per heavy atom. The quantitative estimate of drug-likeness (QED) is 0.751. The van der Waals surface area contributed by atoms with Gasteiger partial charge in [0.1, 0.15) is 11.4 Å². The lowest BCUT2D eigenvalue weighted by Crippen LogP contribution is -2.12. The lowest BCUT2D eigenvalue weighted by Gasteiger charge is -2.06. The molecule has 0 radical (unpaired) electrons. The molecule has 0 aliphatic carbocycles. The summed E-state index contributed by atoms with van der Waals surface area (Å²) in [5, 5.41) is 14.2. The number of aromatic hydroxyl groups is 1. The first-order valence-electron chi connectivity index (χ1n) is 6.45. The normalized spacial score (nSPS) is 10.8. The Labute approximate surface area is 120 Å². The van der Waals surface area contributed by atoms with Crippen molar-refractivity contribution in [2.75, 3.05) is 0 Å². The summed E-state index contributed by atoms with van der Waals surface area (Å²) < 4.78 is 1.68. The Hall–Kier alpha value is -2.89. The van der Waals surface area contributed by atoms with Crippen molar-refractivity contribution in [1.29, 1.82) is 0 Å². The third-order valence-electron chi connectivity index (χ3n) is 3.45. The molecule has 21 heavy (non-hydrogen) atoms. The molecule has 3 rings (SSSR count). The maximum atomic E-state index is 12.3. The number of aryl methyl sites for hydroxylation is 1. The fraction of sp³-hybridized carbons (Fsp3) is 0.133. The number of nitrogens with zero attached hydrogens (tertiary/aromatic N) is 3. The van der Waals surface area contributed by atoms with Gasteiger partial charge in [0.05, 0.1) is 11.8 Å². The predicted octanol–water partition coefficient (Wildman–Crippen LogP) is 1.85. The van der Waals surface area contributed by atoms with Crippen molar-refractivity contribution in [3.05, 3.63) is 52.6 Å². The number of hydrogen-bond acceptors (Lipinski definition) is 4. The highest BCUT2D eigenvalue weighted by Gasteiger charge is 2.16. The molecule has 0 atom stereocenters. The summed E-state index contributed by atoms with van der Waals surface area (Å²) >= 11 is 0. The second-order valence-corrected chi connectivity index (χ2v) is 4.75. The minimum absolute atomic E-state index is 0.167. The Balaban J connectivity index is 2.17. The van der Waals surface area contributed by atoms with Crippen LogP contribution in [0.2, 0.25) is 0 Å². The molecular weight excluding hydrogens is 268 g/mol. The molecule has 2 heterocycles. The molecule has 0 bridgehead atoms. The predicted molar refractivity (Wildman–Crippen MR) is 78.9 cm³/mol. The number of nitrogens with one attached hydrogen (secondary N) is 1. The molecular formula is C15H14N4O2. The van der Waals surface area contributed by atoms with E-state index in [1.54, 1.807) is 42.2 Å². The molecule has 0 saturated carbocycles. The SMILES string of the molecule is Cc1c(-c2nc(O)c(-c3ccccc3)c(=O)[nH]2)cnn1C. The second kappa shape index (κ2) is 4.90. The molecule has 0 aliphatic heterocycles. The number of benzene rings is 1. The minimum Gasteiger partial charge on any atom is -0.493 e. The van der Waals surface area contributed by atoms with Crippen LogP contribution < -0.4 is 5.56 Å². The first-order valence-corrected chi connectivity index (χ1v) is 6.45. The largest absolute Gasteiger partial charge is 0.493 e. The van der Waals surface area contributed by atoms with Gasteiger partial charge in [-0.1, -0.05) is 30.3 Å². The zero-order valence-corrected chi connectivity index (χ0v) is 11.7. The molecule has 3 aromatic rings. The third-order valence-corrected chi connectivity index (χ3v) is 3.45. The Bertz CT molecular complexity index is 850. The van der Waals surface area contributed by atoms with Gasteiger partial charge in [0, 0.05) is 12.7 Å². The average molecular weight is 282 g/mol.